The molecule has 1 amide bonds. The summed E-state index contributed by atoms with van der Waals surface area (Å²) < 4.78 is 0. The van der Waals surface area contributed by atoms with Gasteiger partial charge in [-0.1, -0.05) is 32.1 Å². The Morgan fingerprint density at radius 2 is 1.89 bits per heavy atom. The first-order valence-electron chi connectivity index (χ1n) is 11.2. The van der Waals surface area contributed by atoms with Crippen LogP contribution in [0, 0.1) is 34.5 Å². The number of aromatic nitrogens is 1. The molecular weight excluding hydrogens is 364 g/mol. The van der Waals surface area contributed by atoms with E-state index in [9.17, 15) is 4.79 Å². The molecule has 4 heteroatoms. The molecule has 7 atom stereocenters. The number of nitrogens with one attached hydrogen (secondary N) is 1. The minimum atomic E-state index is 0.267. The summed E-state index contributed by atoms with van der Waals surface area (Å²) in [5.74, 6) is 3.08. The smallest absolute Gasteiger partial charge is 0.220 e. The summed E-state index contributed by atoms with van der Waals surface area (Å²) in [7, 11) is 0. The van der Waals surface area contributed by atoms with Crippen molar-refractivity contribution in [1.29, 1.82) is 0 Å². The number of fused-ring (bicyclic) bond motifs is 5. The molecule has 4 fully saturated rings. The molecule has 0 radical (unpaired) electrons. The molecule has 0 unspecified atom stereocenters. The van der Waals surface area contributed by atoms with Crippen LogP contribution in [0.5, 0.6) is 0 Å². The molecule has 3 saturated carbocycles. The third-order valence-electron chi connectivity index (χ3n) is 9.33. The van der Waals surface area contributed by atoms with Gasteiger partial charge in [0.15, 0.2) is 0 Å². The van der Waals surface area contributed by atoms with Gasteiger partial charge >= 0.3 is 0 Å². The maximum Gasteiger partial charge on any atom is 0.220 e. The van der Waals surface area contributed by atoms with Crippen LogP contribution in [-0.4, -0.2) is 21.8 Å². The van der Waals surface area contributed by atoms with Crippen molar-refractivity contribution in [2.45, 2.75) is 71.3 Å². The predicted octanol–water partition coefficient (Wildman–Crippen LogP) is 4.94. The van der Waals surface area contributed by atoms with Crippen molar-refractivity contribution in [3.05, 3.63) is 30.1 Å². The zero-order valence-corrected chi connectivity index (χ0v) is 17.9. The third kappa shape index (κ3) is 2.63. The number of thiocarbonyl (C=S) groups is 1. The summed E-state index contributed by atoms with van der Waals surface area (Å²) in [6, 6.07) is 6.51. The minimum Gasteiger partial charge on any atom is -0.353 e. The van der Waals surface area contributed by atoms with Gasteiger partial charge in [-0.15, -0.1) is 0 Å². The van der Waals surface area contributed by atoms with E-state index in [1.54, 1.807) is 0 Å². The van der Waals surface area contributed by atoms with Crippen LogP contribution < -0.4 is 5.32 Å². The van der Waals surface area contributed by atoms with Crippen molar-refractivity contribution in [3.8, 4) is 0 Å². The van der Waals surface area contributed by atoms with Gasteiger partial charge in [0.25, 0.3) is 0 Å². The number of piperidine rings is 1. The third-order valence-corrected chi connectivity index (χ3v) is 9.82. The zero-order chi connectivity index (χ0) is 19.5. The van der Waals surface area contributed by atoms with Crippen molar-refractivity contribution >= 4 is 23.0 Å². The van der Waals surface area contributed by atoms with E-state index < -0.39 is 0 Å². The molecule has 1 aromatic heterocycles. The van der Waals surface area contributed by atoms with E-state index in [4.69, 9.17) is 12.2 Å². The van der Waals surface area contributed by atoms with Crippen LogP contribution in [0.1, 0.15) is 70.9 Å². The highest BCUT2D eigenvalue weighted by molar-refractivity contribution is 7.80. The number of carbonyl (C=O) groups is 1. The Balaban J connectivity index is 1.41. The van der Waals surface area contributed by atoms with Gasteiger partial charge in [0.2, 0.25) is 5.91 Å². The summed E-state index contributed by atoms with van der Waals surface area (Å²) in [5, 5.41) is 3.34. The second-order valence-electron chi connectivity index (χ2n) is 10.3. The lowest BCUT2D eigenvalue weighted by atomic mass is 9.47. The summed E-state index contributed by atoms with van der Waals surface area (Å²) in [6.07, 6.45) is 11.2. The first kappa shape index (κ1) is 18.7. The molecule has 1 aromatic rings. The standard InChI is InChI=1S/C24H32N2OS/c1-23-12-10-17-15(6-9-20-24(17,2)13-11-21(27)26-20)16(23)7-8-18(23)22(28)19-5-3-4-14-25-19/h3-5,14-18,20H,6-13H2,1-2H3,(H,26,27)/t15-,16-,17-,18+,20+,23-,24+/m0/s1. The monoisotopic (exact) mass is 396 g/mol. The van der Waals surface area contributed by atoms with Gasteiger partial charge in [0.05, 0.1) is 5.69 Å². The second-order valence-corrected chi connectivity index (χ2v) is 10.8. The fraction of sp³-hybridized carbons (Fsp3) is 0.708. The van der Waals surface area contributed by atoms with Crippen LogP contribution in [0.2, 0.25) is 0 Å². The van der Waals surface area contributed by atoms with Crippen LogP contribution in [0.3, 0.4) is 0 Å². The summed E-state index contributed by atoms with van der Waals surface area (Å²) in [6.45, 7) is 5.00. The topological polar surface area (TPSA) is 42.0 Å². The average molecular weight is 397 g/mol. The van der Waals surface area contributed by atoms with Gasteiger partial charge in [0.1, 0.15) is 0 Å². The molecule has 0 bridgehead atoms. The summed E-state index contributed by atoms with van der Waals surface area (Å²) in [5.41, 5.74) is 1.62. The Morgan fingerprint density at radius 1 is 1.07 bits per heavy atom. The SMILES string of the molecule is C[C@]12CCC(=O)N[C@@H]1CC[C@@H]1[C@@H]2CC[C@]2(C)[C@@H](C(=S)c3ccccn3)CC[C@@H]12. The number of carbonyl (C=O) groups excluding carboxylic acids is 1. The van der Waals surface area contributed by atoms with Crippen molar-refractivity contribution in [1.82, 2.24) is 10.3 Å². The van der Waals surface area contributed by atoms with Gasteiger partial charge in [-0.05, 0) is 85.7 Å². The molecule has 0 spiro atoms. The number of hydrogen-bond acceptors (Lipinski definition) is 3. The van der Waals surface area contributed by atoms with Crippen molar-refractivity contribution < 1.29 is 4.79 Å². The number of rotatable bonds is 2. The van der Waals surface area contributed by atoms with Gasteiger partial charge in [-0.2, -0.15) is 0 Å². The fourth-order valence-corrected chi connectivity index (χ4v) is 8.33. The molecule has 28 heavy (non-hydrogen) atoms. The van der Waals surface area contributed by atoms with E-state index in [1.165, 1.54) is 32.1 Å². The molecule has 0 aromatic carbocycles. The summed E-state index contributed by atoms with van der Waals surface area (Å²) in [4.78, 5) is 17.6. The molecule has 2 heterocycles. The van der Waals surface area contributed by atoms with Crippen molar-refractivity contribution in [2.24, 2.45) is 34.5 Å². The first-order valence-corrected chi connectivity index (χ1v) is 11.6. The Bertz CT molecular complexity index is 795. The quantitative estimate of drug-likeness (QED) is 0.569. The van der Waals surface area contributed by atoms with Crippen LogP contribution in [0.25, 0.3) is 0 Å². The molecule has 1 N–H and O–H groups in total. The van der Waals surface area contributed by atoms with Crippen LogP contribution >= 0.6 is 12.2 Å². The lowest BCUT2D eigenvalue weighted by Gasteiger charge is -2.60. The molecule has 4 aliphatic rings. The van der Waals surface area contributed by atoms with Crippen LogP contribution in [-0.2, 0) is 4.79 Å². The van der Waals surface area contributed by atoms with Crippen LogP contribution in [0.4, 0.5) is 0 Å². The molecule has 150 valence electrons. The lowest BCUT2D eigenvalue weighted by molar-refractivity contribution is -0.136. The van der Waals surface area contributed by atoms with E-state index in [0.29, 0.717) is 23.8 Å². The van der Waals surface area contributed by atoms with Gasteiger partial charge in [0, 0.05) is 29.4 Å². The normalized spacial score (nSPS) is 44.8. The number of amides is 1. The van der Waals surface area contributed by atoms with E-state index in [2.05, 4.69) is 36.3 Å². The van der Waals surface area contributed by atoms with Crippen molar-refractivity contribution in [2.75, 3.05) is 0 Å². The molecule has 3 aliphatic carbocycles. The minimum absolute atomic E-state index is 0.267. The molecule has 1 saturated heterocycles. The molecular formula is C24H32N2OS. The number of nitrogens with zero attached hydrogens (tertiary/aromatic N) is 1. The highest BCUT2D eigenvalue weighted by atomic mass is 32.1. The molecule has 5 rings (SSSR count). The number of pyridine rings is 1. The van der Waals surface area contributed by atoms with Gasteiger partial charge in [-0.25, -0.2) is 0 Å². The Morgan fingerprint density at radius 3 is 2.68 bits per heavy atom. The van der Waals surface area contributed by atoms with E-state index in [1.807, 2.05) is 12.3 Å². The van der Waals surface area contributed by atoms with Crippen molar-refractivity contribution in [3.63, 3.8) is 0 Å². The van der Waals surface area contributed by atoms with E-state index in [0.717, 1.165) is 41.2 Å². The Hall–Kier alpha value is -1.29. The number of hydrogen-bond donors (Lipinski definition) is 1. The average Bonchev–Trinajstić information content (AvgIpc) is 3.06. The highest BCUT2D eigenvalue weighted by Crippen LogP contribution is 2.65. The van der Waals surface area contributed by atoms with Crippen LogP contribution in [0.15, 0.2) is 24.4 Å². The van der Waals surface area contributed by atoms with Gasteiger partial charge < -0.3 is 5.32 Å². The Kier molecular flexibility index (Phi) is 4.42. The Labute approximate surface area is 174 Å². The van der Waals surface area contributed by atoms with Gasteiger partial charge in [-0.3, -0.25) is 9.78 Å². The maximum atomic E-state index is 12.0. The maximum absolute atomic E-state index is 12.0. The second kappa shape index (κ2) is 6.62. The predicted molar refractivity (Wildman–Crippen MR) is 115 cm³/mol. The summed E-state index contributed by atoms with van der Waals surface area (Å²) >= 11 is 5.98. The first-order chi connectivity index (χ1) is 13.4. The largest absolute Gasteiger partial charge is 0.353 e. The molecule has 3 nitrogen and oxygen atoms in total. The molecule has 1 aliphatic heterocycles. The highest BCUT2D eigenvalue weighted by Gasteiger charge is 2.60. The fourth-order valence-electron chi connectivity index (χ4n) is 7.82. The van der Waals surface area contributed by atoms with E-state index >= 15 is 0 Å². The lowest BCUT2D eigenvalue weighted by Crippen LogP contribution is -2.61. The zero-order valence-electron chi connectivity index (χ0n) is 17.1. The van der Waals surface area contributed by atoms with E-state index in [-0.39, 0.29) is 11.3 Å².